The molecular weight excluding hydrogens is 1150 g/mol. The second-order valence-electron chi connectivity index (χ2n) is 22.5. The minimum absolute atomic E-state index is 0.0141. The molecule has 0 spiro atoms. The second-order valence-corrected chi connectivity index (χ2v) is 25.4. The number of thiol groups is 1. The SMILES string of the molecule is CCC(=O)[C@H](CC)NC(=O)[C@H](CSC(c1ccccc1)(c1ccccc1)c1ccccc1)CC(=O)[C@H](CC)N(C)C(=O)OC(C)(C)C.CCC(=O)[C@H](CS)NC(=O)[C@H](CSC(c1ccccc1)(c1ccccc1)c1ccccc1)CC(=O)[C@H](CC)NC. The van der Waals surface area contributed by atoms with Gasteiger partial charge < -0.3 is 25.6 Å². The van der Waals surface area contributed by atoms with Gasteiger partial charge in [0.05, 0.1) is 45.5 Å². The van der Waals surface area contributed by atoms with Gasteiger partial charge in [0.15, 0.2) is 23.1 Å². The van der Waals surface area contributed by atoms with Crippen LogP contribution in [0.3, 0.4) is 0 Å². The van der Waals surface area contributed by atoms with E-state index in [1.807, 2.05) is 130 Å². The van der Waals surface area contributed by atoms with Crippen molar-refractivity contribution in [2.75, 3.05) is 31.4 Å². The molecule has 15 heteroatoms. The summed E-state index contributed by atoms with van der Waals surface area (Å²) < 4.78 is 4.22. The molecule has 6 aromatic carbocycles. The molecule has 0 bridgehead atoms. The quantitative estimate of drug-likeness (QED) is 0.0234. The van der Waals surface area contributed by atoms with E-state index in [9.17, 15) is 33.6 Å². The lowest BCUT2D eigenvalue weighted by Crippen LogP contribution is -2.47. The Morgan fingerprint density at radius 1 is 0.460 bits per heavy atom. The molecule has 0 saturated carbocycles. The Morgan fingerprint density at radius 2 is 0.770 bits per heavy atom. The highest BCUT2D eigenvalue weighted by Gasteiger charge is 2.42. The molecule has 0 heterocycles. The number of thioether (sulfide) groups is 2. The number of likely N-dealkylation sites (N-methyl/N-ethyl adjacent to an activating group) is 2. The third-order valence-corrected chi connectivity index (χ3v) is 19.3. The normalized spacial score (nSPS) is 13.6. The maximum atomic E-state index is 14.1. The van der Waals surface area contributed by atoms with Crippen LogP contribution >= 0.6 is 36.2 Å². The minimum atomic E-state index is -0.775. The first-order valence-corrected chi connectivity index (χ1v) is 32.9. The number of nitrogens with one attached hydrogen (secondary N) is 3. The van der Waals surface area contributed by atoms with Crippen LogP contribution in [0.4, 0.5) is 4.79 Å². The summed E-state index contributed by atoms with van der Waals surface area (Å²) in [5.41, 5.74) is 5.64. The smallest absolute Gasteiger partial charge is 0.410 e. The molecule has 0 aliphatic rings. The van der Waals surface area contributed by atoms with E-state index in [0.717, 1.165) is 33.4 Å². The van der Waals surface area contributed by atoms with Gasteiger partial charge in [-0.1, -0.05) is 217 Å². The Bertz CT molecular complexity index is 2900. The Kier molecular flexibility index (Phi) is 28.8. The highest BCUT2D eigenvalue weighted by atomic mass is 32.2. The Morgan fingerprint density at radius 3 is 1.05 bits per heavy atom. The van der Waals surface area contributed by atoms with Gasteiger partial charge in [-0.2, -0.15) is 12.6 Å². The highest BCUT2D eigenvalue weighted by Crippen LogP contribution is 2.51. The average molecular weight is 1240 g/mol. The fourth-order valence-corrected chi connectivity index (χ4v) is 14.2. The molecular formula is C72H90N4O8S3. The van der Waals surface area contributed by atoms with Crippen LogP contribution in [-0.4, -0.2) is 107 Å². The summed E-state index contributed by atoms with van der Waals surface area (Å²) in [5, 5.41) is 8.93. The lowest BCUT2D eigenvalue weighted by Gasteiger charge is -2.37. The largest absolute Gasteiger partial charge is 0.444 e. The molecule has 87 heavy (non-hydrogen) atoms. The van der Waals surface area contributed by atoms with Gasteiger partial charge in [0, 0.05) is 50.0 Å². The zero-order valence-corrected chi connectivity index (χ0v) is 54.9. The number of carbonyl (C=O) groups excluding carboxylic acids is 7. The number of nitrogens with zero attached hydrogens (tertiary/aromatic N) is 1. The van der Waals surface area contributed by atoms with Crippen LogP contribution in [0, 0.1) is 11.8 Å². The summed E-state index contributed by atoms with van der Waals surface area (Å²) in [6.07, 6.45) is 1.44. The predicted octanol–water partition coefficient (Wildman–Crippen LogP) is 13.5. The molecule has 12 nitrogen and oxygen atoms in total. The van der Waals surface area contributed by atoms with E-state index in [2.05, 4.69) is 101 Å². The van der Waals surface area contributed by atoms with Crippen molar-refractivity contribution in [2.45, 2.75) is 140 Å². The maximum Gasteiger partial charge on any atom is 0.410 e. The first-order chi connectivity index (χ1) is 41.8. The van der Waals surface area contributed by atoms with Gasteiger partial charge in [-0.25, -0.2) is 4.79 Å². The van der Waals surface area contributed by atoms with Crippen molar-refractivity contribution in [3.8, 4) is 0 Å². The van der Waals surface area contributed by atoms with E-state index in [0.29, 0.717) is 37.9 Å². The molecule has 6 atom stereocenters. The topological polar surface area (TPSA) is 168 Å². The number of hydrogen-bond donors (Lipinski definition) is 4. The van der Waals surface area contributed by atoms with Gasteiger partial charge in [-0.05, 0) is 80.5 Å². The van der Waals surface area contributed by atoms with Crippen molar-refractivity contribution < 1.29 is 38.3 Å². The van der Waals surface area contributed by atoms with Crippen molar-refractivity contribution in [1.29, 1.82) is 0 Å². The summed E-state index contributed by atoms with van der Waals surface area (Å²) in [4.78, 5) is 94.4. The van der Waals surface area contributed by atoms with Crippen LogP contribution in [0.2, 0.25) is 0 Å². The molecule has 0 radical (unpaired) electrons. The van der Waals surface area contributed by atoms with E-state index in [4.69, 9.17) is 4.74 Å². The summed E-state index contributed by atoms with van der Waals surface area (Å²) in [5.74, 6) is -1.58. The predicted molar refractivity (Wildman–Crippen MR) is 359 cm³/mol. The van der Waals surface area contributed by atoms with Crippen molar-refractivity contribution in [3.05, 3.63) is 215 Å². The van der Waals surface area contributed by atoms with E-state index >= 15 is 0 Å². The number of Topliss-reactive ketones (excluding diaryl/α,β-unsaturated/α-hetero) is 4. The second kappa shape index (κ2) is 35.3. The summed E-state index contributed by atoms with van der Waals surface area (Å²) >= 11 is 7.55. The molecule has 0 aliphatic heterocycles. The van der Waals surface area contributed by atoms with E-state index in [1.165, 1.54) is 4.90 Å². The first kappa shape index (κ1) is 71.0. The van der Waals surface area contributed by atoms with Gasteiger partial charge in [-0.15, -0.1) is 23.5 Å². The fraction of sp³-hybridized carbons (Fsp3) is 0.403. The number of ketones is 4. The fourth-order valence-electron chi connectivity index (χ4n) is 10.7. The third kappa shape index (κ3) is 19.4. The summed E-state index contributed by atoms with van der Waals surface area (Å²) in [7, 11) is 3.32. The summed E-state index contributed by atoms with van der Waals surface area (Å²) in [6.45, 7) is 14.5. The molecule has 3 amide bonds. The van der Waals surface area contributed by atoms with Gasteiger partial charge in [0.2, 0.25) is 11.8 Å². The molecule has 0 unspecified atom stereocenters. The van der Waals surface area contributed by atoms with E-state index in [-0.39, 0.29) is 65.3 Å². The molecule has 0 aliphatic carbocycles. The molecule has 6 aromatic rings. The minimum Gasteiger partial charge on any atom is -0.444 e. The Hall–Kier alpha value is -6.78. The van der Waals surface area contributed by atoms with Gasteiger partial charge in [-0.3, -0.25) is 28.8 Å². The zero-order valence-electron chi connectivity index (χ0n) is 52.3. The highest BCUT2D eigenvalue weighted by molar-refractivity contribution is 8.01. The molecule has 0 saturated heterocycles. The number of rotatable bonds is 32. The number of ether oxygens (including phenoxy) is 1. The van der Waals surface area contributed by atoms with Crippen molar-refractivity contribution in [3.63, 3.8) is 0 Å². The molecule has 0 fully saturated rings. The van der Waals surface area contributed by atoms with Crippen LogP contribution in [0.25, 0.3) is 0 Å². The van der Waals surface area contributed by atoms with Crippen LogP contribution in [0.15, 0.2) is 182 Å². The van der Waals surface area contributed by atoms with Crippen molar-refractivity contribution in [2.24, 2.45) is 11.8 Å². The number of benzene rings is 6. The van der Waals surface area contributed by atoms with Gasteiger partial charge in [0.1, 0.15) is 5.60 Å². The van der Waals surface area contributed by atoms with Crippen LogP contribution in [0.5, 0.6) is 0 Å². The standard InChI is InChI=1S/C39H50N2O5S.C33H40N2O3S2/c1-8-32(34(42)10-3)40-36(44)28(26-35(43)33(9-2)41(7)37(45)46-38(4,5)6)27-47-39(29-20-14-11-15-21-29,30-22-16-12-17-23-30)31-24-18-13-19-25-31;1-4-28(34-3)31(37)21-24(32(38)35-29(22-39)30(36)5-2)23-40-33(25-15-9-6-10-16-25,26-17-11-7-12-18-26)27-19-13-8-14-20-27/h11-25,28,32-33H,8-10,26-27H2,1-7H3,(H,40,44);6-20,24,28-29,34,39H,4-5,21-23H2,1-3H3,(H,35,38)/t28-,32-,33-;24-,28-,29-/m00/s1. The third-order valence-electron chi connectivity index (χ3n) is 15.5. The molecule has 464 valence electrons. The van der Waals surface area contributed by atoms with Crippen molar-refractivity contribution >= 4 is 77.2 Å². The number of amides is 3. The van der Waals surface area contributed by atoms with Gasteiger partial charge >= 0.3 is 6.09 Å². The van der Waals surface area contributed by atoms with Crippen molar-refractivity contribution in [1.82, 2.24) is 20.9 Å². The lowest BCUT2D eigenvalue weighted by molar-refractivity contribution is -0.133. The van der Waals surface area contributed by atoms with E-state index < -0.39 is 51.1 Å². The van der Waals surface area contributed by atoms with E-state index in [1.54, 1.807) is 72.2 Å². The first-order valence-electron chi connectivity index (χ1n) is 30.3. The van der Waals surface area contributed by atoms with Crippen LogP contribution < -0.4 is 16.0 Å². The summed E-state index contributed by atoms with van der Waals surface area (Å²) in [6, 6.07) is 58.8. The number of carbonyl (C=O) groups is 7. The molecule has 3 N–H and O–H groups in total. The van der Waals surface area contributed by atoms with Gasteiger partial charge in [0.25, 0.3) is 0 Å². The number of hydrogen-bond acceptors (Lipinski definition) is 12. The molecule has 6 rings (SSSR count). The van der Waals surface area contributed by atoms with Crippen LogP contribution in [0.1, 0.15) is 134 Å². The lowest BCUT2D eigenvalue weighted by atomic mass is 9.84. The molecule has 0 aromatic heterocycles. The zero-order chi connectivity index (χ0) is 63.6. The Balaban J connectivity index is 0.000000321. The Labute approximate surface area is 531 Å². The monoisotopic (exact) mass is 1230 g/mol. The van der Waals surface area contributed by atoms with Crippen LogP contribution in [-0.2, 0) is 43.0 Å². The average Bonchev–Trinajstić information content (AvgIpc) is 0.980. The maximum absolute atomic E-state index is 14.1.